The lowest BCUT2D eigenvalue weighted by Crippen LogP contribution is -2.36. The van der Waals surface area contributed by atoms with Crippen molar-refractivity contribution in [1.29, 1.82) is 0 Å². The second-order valence-electron chi connectivity index (χ2n) is 10.1. The first-order valence-electron chi connectivity index (χ1n) is 12.4. The number of hydrogen-bond acceptors (Lipinski definition) is 5. The molecule has 0 aliphatic carbocycles. The number of carbonyl (C=O) groups excluding carboxylic acids is 2. The molecule has 0 radical (unpaired) electrons. The van der Waals surface area contributed by atoms with E-state index in [9.17, 15) is 9.59 Å². The third-order valence-electron chi connectivity index (χ3n) is 6.33. The lowest BCUT2D eigenvalue weighted by atomic mass is 9.81. The van der Waals surface area contributed by atoms with Gasteiger partial charge in [0.2, 0.25) is 0 Å². The molecule has 0 saturated carbocycles. The zero-order valence-corrected chi connectivity index (χ0v) is 21.8. The maximum absolute atomic E-state index is 13.6. The van der Waals surface area contributed by atoms with Crippen molar-refractivity contribution in [1.82, 2.24) is 14.8 Å². The third-order valence-corrected chi connectivity index (χ3v) is 6.33. The molecule has 1 aromatic heterocycles. The number of aromatic amines is 1. The second kappa shape index (κ2) is 10.6. The van der Waals surface area contributed by atoms with Crippen LogP contribution < -0.4 is 4.74 Å². The van der Waals surface area contributed by atoms with Gasteiger partial charge in [-0.2, -0.15) is 0 Å². The molecule has 0 atom stereocenters. The molecule has 7 heteroatoms. The Bertz CT molecular complexity index is 1270. The molecular formula is C29H35N3O4. The molecule has 0 bridgehead atoms. The van der Waals surface area contributed by atoms with E-state index < -0.39 is 11.4 Å². The van der Waals surface area contributed by atoms with Crippen LogP contribution in [0.2, 0.25) is 0 Å². The molecule has 0 spiro atoms. The number of carbonyl (C=O) groups is 2. The van der Waals surface area contributed by atoms with Crippen LogP contribution in [-0.2, 0) is 14.9 Å². The van der Waals surface area contributed by atoms with Crippen molar-refractivity contribution in [2.24, 2.45) is 0 Å². The van der Waals surface area contributed by atoms with Crippen LogP contribution in [0.25, 0.3) is 16.5 Å². The van der Waals surface area contributed by atoms with Gasteiger partial charge in [-0.15, -0.1) is 0 Å². The molecule has 7 nitrogen and oxygen atoms in total. The average Bonchev–Trinajstić information content (AvgIpc) is 3.20. The van der Waals surface area contributed by atoms with Gasteiger partial charge in [-0.05, 0) is 56.4 Å². The molecule has 0 saturated heterocycles. The standard InChI is InChI=1S/C29H35N3O4/c1-6-16-36-28(34)23-18-32(27(33)20-11-13-21(14-12-20)35-17-15-31(4)5)19-29(2,3)25-22-9-7-8-10-24(22)30-26(23)25/h7-14,18,30H,6,15-17,19H2,1-5H3. The summed E-state index contributed by atoms with van der Waals surface area (Å²) >= 11 is 0. The van der Waals surface area contributed by atoms with Crippen molar-refractivity contribution in [2.45, 2.75) is 32.6 Å². The van der Waals surface area contributed by atoms with Crippen LogP contribution in [0, 0.1) is 0 Å². The summed E-state index contributed by atoms with van der Waals surface area (Å²) in [4.78, 5) is 33.9. The lowest BCUT2D eigenvalue weighted by Gasteiger charge is -2.29. The molecule has 2 aromatic carbocycles. The number of para-hydroxylation sites is 1. The summed E-state index contributed by atoms with van der Waals surface area (Å²) in [7, 11) is 3.99. The molecule has 0 fully saturated rings. The monoisotopic (exact) mass is 489 g/mol. The van der Waals surface area contributed by atoms with Crippen molar-refractivity contribution >= 4 is 28.4 Å². The number of fused-ring (bicyclic) bond motifs is 3. The van der Waals surface area contributed by atoms with E-state index in [4.69, 9.17) is 9.47 Å². The molecule has 4 rings (SSSR count). The van der Waals surface area contributed by atoms with Crippen LogP contribution in [0.15, 0.2) is 54.7 Å². The van der Waals surface area contributed by atoms with E-state index in [-0.39, 0.29) is 5.91 Å². The summed E-state index contributed by atoms with van der Waals surface area (Å²) in [5.41, 5.74) is 3.13. The molecule has 1 aliphatic heterocycles. The number of H-pyrrole nitrogens is 1. The minimum Gasteiger partial charge on any atom is -0.492 e. The van der Waals surface area contributed by atoms with E-state index in [1.165, 1.54) is 0 Å². The first-order chi connectivity index (χ1) is 17.2. The zero-order valence-electron chi connectivity index (χ0n) is 21.8. The molecule has 0 unspecified atom stereocenters. The fourth-order valence-corrected chi connectivity index (χ4v) is 4.58. The average molecular weight is 490 g/mol. The highest BCUT2D eigenvalue weighted by Crippen LogP contribution is 2.40. The van der Waals surface area contributed by atoms with E-state index in [0.717, 1.165) is 29.4 Å². The first kappa shape index (κ1) is 25.5. The molecule has 190 valence electrons. The number of rotatable bonds is 8. The van der Waals surface area contributed by atoms with Crippen molar-refractivity contribution in [2.75, 3.05) is 40.4 Å². The van der Waals surface area contributed by atoms with E-state index in [2.05, 4.69) is 18.8 Å². The van der Waals surface area contributed by atoms with Crippen LogP contribution in [-0.4, -0.2) is 67.1 Å². The number of nitrogens with zero attached hydrogens (tertiary/aromatic N) is 2. The van der Waals surface area contributed by atoms with E-state index in [1.807, 2.05) is 62.3 Å². The Hall–Kier alpha value is -3.58. The number of hydrogen-bond donors (Lipinski definition) is 1. The number of amides is 1. The second-order valence-corrected chi connectivity index (χ2v) is 10.1. The summed E-state index contributed by atoms with van der Waals surface area (Å²) < 4.78 is 11.3. The summed E-state index contributed by atoms with van der Waals surface area (Å²) in [5, 5.41) is 1.04. The highest BCUT2D eigenvalue weighted by molar-refractivity contribution is 6.18. The minimum absolute atomic E-state index is 0.182. The van der Waals surface area contributed by atoms with Gasteiger partial charge in [-0.3, -0.25) is 4.79 Å². The molecule has 36 heavy (non-hydrogen) atoms. The molecule has 1 N–H and O–H groups in total. The van der Waals surface area contributed by atoms with Gasteiger partial charge in [0.1, 0.15) is 12.4 Å². The van der Waals surface area contributed by atoms with Crippen molar-refractivity contribution in [3.05, 3.63) is 71.6 Å². The van der Waals surface area contributed by atoms with Crippen LogP contribution in [0.4, 0.5) is 0 Å². The van der Waals surface area contributed by atoms with E-state index in [1.54, 1.807) is 23.2 Å². The van der Waals surface area contributed by atoms with Crippen LogP contribution in [0.5, 0.6) is 5.75 Å². The predicted molar refractivity (Wildman–Crippen MR) is 142 cm³/mol. The van der Waals surface area contributed by atoms with Crippen LogP contribution in [0.1, 0.15) is 48.8 Å². The molecular weight excluding hydrogens is 454 g/mol. The predicted octanol–water partition coefficient (Wildman–Crippen LogP) is 4.84. The third kappa shape index (κ3) is 5.31. The first-order valence-corrected chi connectivity index (χ1v) is 12.4. The van der Waals surface area contributed by atoms with Gasteiger partial charge in [-0.1, -0.05) is 39.0 Å². The van der Waals surface area contributed by atoms with E-state index in [0.29, 0.717) is 42.3 Å². The summed E-state index contributed by atoms with van der Waals surface area (Å²) in [5.74, 6) is 0.0911. The summed E-state index contributed by atoms with van der Waals surface area (Å²) in [6.07, 6.45) is 2.36. The quantitative estimate of drug-likeness (QED) is 0.459. The Morgan fingerprint density at radius 1 is 1.06 bits per heavy atom. The smallest absolute Gasteiger partial charge is 0.341 e. The van der Waals surface area contributed by atoms with Gasteiger partial charge in [0, 0.05) is 41.2 Å². The fourth-order valence-electron chi connectivity index (χ4n) is 4.58. The Balaban J connectivity index is 1.69. The van der Waals surface area contributed by atoms with Gasteiger partial charge in [0.25, 0.3) is 5.91 Å². The largest absolute Gasteiger partial charge is 0.492 e. The van der Waals surface area contributed by atoms with Crippen LogP contribution in [0.3, 0.4) is 0 Å². The number of likely N-dealkylation sites (N-methyl/N-ethyl adjacent to an activating group) is 1. The van der Waals surface area contributed by atoms with Gasteiger partial charge < -0.3 is 24.3 Å². The van der Waals surface area contributed by atoms with Gasteiger partial charge in [0.15, 0.2) is 0 Å². The number of aromatic nitrogens is 1. The molecule has 1 amide bonds. The normalized spacial score (nSPS) is 14.8. The fraction of sp³-hybridized carbons (Fsp3) is 0.379. The maximum atomic E-state index is 13.6. The number of benzene rings is 2. The summed E-state index contributed by atoms with van der Waals surface area (Å²) in [6, 6.07) is 15.2. The topological polar surface area (TPSA) is 74.9 Å². The Kier molecular flexibility index (Phi) is 7.50. The number of ether oxygens (including phenoxy) is 2. The van der Waals surface area contributed by atoms with E-state index >= 15 is 0 Å². The summed E-state index contributed by atoms with van der Waals surface area (Å²) in [6.45, 7) is 8.25. The molecule has 3 aromatic rings. The van der Waals surface area contributed by atoms with Crippen molar-refractivity contribution in [3.63, 3.8) is 0 Å². The Morgan fingerprint density at radius 2 is 1.78 bits per heavy atom. The Morgan fingerprint density at radius 3 is 2.47 bits per heavy atom. The zero-order chi connectivity index (χ0) is 25.9. The molecule has 1 aliphatic rings. The minimum atomic E-state index is -0.440. The number of nitrogens with one attached hydrogen (secondary N) is 1. The Labute approximate surface area is 212 Å². The van der Waals surface area contributed by atoms with Crippen molar-refractivity contribution in [3.8, 4) is 5.75 Å². The SMILES string of the molecule is CCCOC(=O)C1=CN(C(=O)c2ccc(OCCN(C)C)cc2)CC(C)(C)c2c1[nH]c1ccccc21. The van der Waals surface area contributed by atoms with Crippen LogP contribution >= 0.6 is 0 Å². The highest BCUT2D eigenvalue weighted by atomic mass is 16.5. The number of esters is 1. The lowest BCUT2D eigenvalue weighted by molar-refractivity contribution is -0.136. The van der Waals surface area contributed by atoms with Gasteiger partial charge in [-0.25, -0.2) is 4.79 Å². The van der Waals surface area contributed by atoms with Gasteiger partial charge in [0.05, 0.1) is 17.9 Å². The highest BCUT2D eigenvalue weighted by Gasteiger charge is 2.37. The van der Waals surface area contributed by atoms with Gasteiger partial charge >= 0.3 is 5.97 Å². The molecule has 2 heterocycles. The maximum Gasteiger partial charge on any atom is 0.341 e. The van der Waals surface area contributed by atoms with Crippen molar-refractivity contribution < 1.29 is 19.1 Å².